The van der Waals surface area contributed by atoms with Gasteiger partial charge in [0.25, 0.3) is 10.0 Å². The van der Waals surface area contributed by atoms with Crippen LogP contribution in [0.5, 0.6) is 5.75 Å². The first kappa shape index (κ1) is 18.1. The van der Waals surface area contributed by atoms with Crippen LogP contribution in [0.2, 0.25) is 0 Å². The van der Waals surface area contributed by atoms with Crippen LogP contribution < -0.4 is 4.74 Å². The Bertz CT molecular complexity index is 1010. The van der Waals surface area contributed by atoms with Crippen molar-refractivity contribution in [2.75, 3.05) is 20.2 Å². The Morgan fingerprint density at radius 2 is 2.11 bits per heavy atom. The summed E-state index contributed by atoms with van der Waals surface area (Å²) < 4.78 is 38.3. The number of hydrogen-bond acceptors (Lipinski definition) is 7. The van der Waals surface area contributed by atoms with Crippen LogP contribution in [0.4, 0.5) is 0 Å². The highest BCUT2D eigenvalue weighted by Gasteiger charge is 2.34. The summed E-state index contributed by atoms with van der Waals surface area (Å²) in [4.78, 5) is 4.52. The minimum absolute atomic E-state index is 0.121. The van der Waals surface area contributed by atoms with Gasteiger partial charge in [-0.25, -0.2) is 8.42 Å². The van der Waals surface area contributed by atoms with E-state index in [1.54, 1.807) is 24.6 Å². The van der Waals surface area contributed by atoms with E-state index in [1.807, 2.05) is 24.3 Å². The van der Waals surface area contributed by atoms with E-state index in [0.717, 1.165) is 18.4 Å². The zero-order valence-corrected chi connectivity index (χ0v) is 16.4. The largest absolute Gasteiger partial charge is 0.496 e. The lowest BCUT2D eigenvalue weighted by molar-refractivity contribution is 0.266. The van der Waals surface area contributed by atoms with Gasteiger partial charge in [0.05, 0.1) is 18.6 Å². The maximum Gasteiger partial charge on any atom is 0.252 e. The summed E-state index contributed by atoms with van der Waals surface area (Å²) in [6.45, 7) is 0.845. The predicted molar refractivity (Wildman–Crippen MR) is 101 cm³/mol. The lowest BCUT2D eigenvalue weighted by Crippen LogP contribution is -2.38. The molecule has 1 atom stereocenters. The third kappa shape index (κ3) is 3.50. The van der Waals surface area contributed by atoms with Crippen LogP contribution in [0.1, 0.15) is 24.7 Å². The zero-order chi connectivity index (χ0) is 18.9. The van der Waals surface area contributed by atoms with Gasteiger partial charge < -0.3 is 9.26 Å². The maximum atomic E-state index is 12.8. The van der Waals surface area contributed by atoms with Crippen molar-refractivity contribution in [3.8, 4) is 17.1 Å². The van der Waals surface area contributed by atoms with Crippen molar-refractivity contribution < 1.29 is 17.7 Å². The molecular formula is C18H19N3O4S2. The van der Waals surface area contributed by atoms with E-state index in [4.69, 9.17) is 9.26 Å². The Morgan fingerprint density at radius 3 is 2.89 bits per heavy atom. The quantitative estimate of drug-likeness (QED) is 0.647. The molecule has 2 aromatic heterocycles. The van der Waals surface area contributed by atoms with Crippen molar-refractivity contribution >= 4 is 21.4 Å². The highest BCUT2D eigenvalue weighted by molar-refractivity contribution is 7.91. The first-order chi connectivity index (χ1) is 13.1. The molecule has 7 nitrogen and oxygen atoms in total. The van der Waals surface area contributed by atoms with Crippen molar-refractivity contribution in [2.24, 2.45) is 0 Å². The number of nitrogens with zero attached hydrogens (tertiary/aromatic N) is 3. The molecule has 1 aliphatic rings. The molecule has 1 unspecified atom stereocenters. The fourth-order valence-electron chi connectivity index (χ4n) is 3.24. The Hall–Kier alpha value is -2.23. The Morgan fingerprint density at radius 1 is 1.26 bits per heavy atom. The number of thiophene rings is 1. The number of hydrogen-bond donors (Lipinski definition) is 0. The monoisotopic (exact) mass is 405 g/mol. The van der Waals surface area contributed by atoms with Crippen molar-refractivity contribution in [1.82, 2.24) is 14.4 Å². The van der Waals surface area contributed by atoms with Crippen LogP contribution in [0.25, 0.3) is 11.4 Å². The smallest absolute Gasteiger partial charge is 0.252 e. The normalized spacial score (nSPS) is 18.5. The standard InChI is InChI=1S/C18H19N3O4S2/c1-24-15-8-3-2-7-14(15)17-19-18(25-20-17)13-6-4-10-21(12-13)27(22,23)16-9-5-11-26-16/h2-3,5,7-9,11,13H,4,6,10,12H2,1H3. The highest BCUT2D eigenvalue weighted by atomic mass is 32.2. The Kier molecular flexibility index (Phi) is 4.98. The molecule has 0 spiro atoms. The van der Waals surface area contributed by atoms with E-state index in [9.17, 15) is 8.42 Å². The molecule has 0 radical (unpaired) electrons. The number of ether oxygens (including phenoxy) is 1. The fraction of sp³-hybridized carbons (Fsp3) is 0.333. The van der Waals surface area contributed by atoms with Crippen LogP contribution in [0, 0.1) is 0 Å². The van der Waals surface area contributed by atoms with Gasteiger partial charge in [-0.05, 0) is 36.4 Å². The lowest BCUT2D eigenvalue weighted by Gasteiger charge is -2.29. The van der Waals surface area contributed by atoms with Gasteiger partial charge >= 0.3 is 0 Å². The Balaban J connectivity index is 1.57. The van der Waals surface area contributed by atoms with E-state index in [0.29, 0.717) is 34.8 Å². The molecule has 1 aromatic carbocycles. The number of methoxy groups -OCH3 is 1. The molecular weight excluding hydrogens is 386 g/mol. The summed E-state index contributed by atoms with van der Waals surface area (Å²) in [7, 11) is -1.88. The second-order valence-electron chi connectivity index (χ2n) is 6.29. The molecule has 3 aromatic rings. The summed E-state index contributed by atoms with van der Waals surface area (Å²) in [5, 5.41) is 5.85. The third-order valence-corrected chi connectivity index (χ3v) is 7.85. The molecule has 1 fully saturated rings. The van der Waals surface area contributed by atoms with E-state index in [1.165, 1.54) is 15.6 Å². The summed E-state index contributed by atoms with van der Waals surface area (Å²) in [6.07, 6.45) is 1.56. The summed E-state index contributed by atoms with van der Waals surface area (Å²) in [6, 6.07) is 10.8. The number of para-hydroxylation sites is 1. The number of sulfonamides is 1. The average molecular weight is 406 g/mol. The molecule has 0 aliphatic carbocycles. The number of benzene rings is 1. The average Bonchev–Trinajstić information content (AvgIpc) is 3.40. The second kappa shape index (κ2) is 7.41. The SMILES string of the molecule is COc1ccccc1-c1noc(C2CCCN(S(=O)(=O)c3cccs3)C2)n1. The molecule has 142 valence electrons. The van der Waals surface area contributed by atoms with E-state index in [2.05, 4.69) is 10.1 Å². The number of rotatable bonds is 5. The molecule has 0 saturated carbocycles. The van der Waals surface area contributed by atoms with Gasteiger partial charge in [0.15, 0.2) is 0 Å². The Labute approximate surface area is 161 Å². The fourth-order valence-corrected chi connectivity index (χ4v) is 5.91. The molecule has 27 heavy (non-hydrogen) atoms. The molecule has 3 heterocycles. The van der Waals surface area contributed by atoms with Crippen molar-refractivity contribution in [3.05, 3.63) is 47.7 Å². The molecule has 4 rings (SSSR count). The molecule has 0 N–H and O–H groups in total. The minimum Gasteiger partial charge on any atom is -0.496 e. The molecule has 9 heteroatoms. The van der Waals surface area contributed by atoms with Crippen LogP contribution in [-0.2, 0) is 10.0 Å². The number of aromatic nitrogens is 2. The maximum absolute atomic E-state index is 12.8. The van der Waals surface area contributed by atoms with Gasteiger partial charge in [0, 0.05) is 13.1 Å². The topological polar surface area (TPSA) is 85.5 Å². The molecule has 0 amide bonds. The third-order valence-electron chi connectivity index (χ3n) is 4.61. The van der Waals surface area contributed by atoms with Crippen LogP contribution in [0.15, 0.2) is 50.5 Å². The number of piperidine rings is 1. The van der Waals surface area contributed by atoms with Crippen molar-refractivity contribution in [2.45, 2.75) is 23.0 Å². The highest BCUT2D eigenvalue weighted by Crippen LogP contribution is 2.33. The molecule has 1 aliphatic heterocycles. The van der Waals surface area contributed by atoms with Gasteiger partial charge in [-0.1, -0.05) is 23.4 Å². The van der Waals surface area contributed by atoms with Crippen LogP contribution >= 0.6 is 11.3 Å². The first-order valence-electron chi connectivity index (χ1n) is 8.60. The molecule has 1 saturated heterocycles. The minimum atomic E-state index is -3.47. The zero-order valence-electron chi connectivity index (χ0n) is 14.7. The summed E-state index contributed by atoms with van der Waals surface area (Å²) in [5.41, 5.74) is 0.744. The van der Waals surface area contributed by atoms with Gasteiger partial charge in [0.1, 0.15) is 9.96 Å². The molecule has 0 bridgehead atoms. The van der Waals surface area contributed by atoms with Crippen LogP contribution in [0.3, 0.4) is 0 Å². The van der Waals surface area contributed by atoms with Gasteiger partial charge in [-0.15, -0.1) is 11.3 Å². The second-order valence-corrected chi connectivity index (χ2v) is 9.40. The van der Waals surface area contributed by atoms with E-state index >= 15 is 0 Å². The van der Waals surface area contributed by atoms with Crippen LogP contribution in [-0.4, -0.2) is 43.1 Å². The van der Waals surface area contributed by atoms with Gasteiger partial charge in [-0.3, -0.25) is 0 Å². The first-order valence-corrected chi connectivity index (χ1v) is 10.9. The van der Waals surface area contributed by atoms with Gasteiger partial charge in [0.2, 0.25) is 11.7 Å². The summed E-state index contributed by atoms with van der Waals surface area (Å²) >= 11 is 1.23. The van der Waals surface area contributed by atoms with E-state index < -0.39 is 10.0 Å². The van der Waals surface area contributed by atoms with Crippen molar-refractivity contribution in [3.63, 3.8) is 0 Å². The van der Waals surface area contributed by atoms with Crippen molar-refractivity contribution in [1.29, 1.82) is 0 Å². The summed E-state index contributed by atoms with van der Waals surface area (Å²) in [5.74, 6) is 1.45. The van der Waals surface area contributed by atoms with Gasteiger partial charge in [-0.2, -0.15) is 9.29 Å². The van der Waals surface area contributed by atoms with E-state index in [-0.39, 0.29) is 5.92 Å². The predicted octanol–water partition coefficient (Wildman–Crippen LogP) is 3.38. The lowest BCUT2D eigenvalue weighted by atomic mass is 10.00.